The maximum absolute atomic E-state index is 11.0. The van der Waals surface area contributed by atoms with Crippen molar-refractivity contribution < 1.29 is 13.5 Å². The summed E-state index contributed by atoms with van der Waals surface area (Å²) in [5, 5.41) is 8.65. The van der Waals surface area contributed by atoms with Gasteiger partial charge in [0.15, 0.2) is 0 Å². The predicted octanol–water partition coefficient (Wildman–Crippen LogP) is 1.70. The zero-order chi connectivity index (χ0) is 14.1. The first-order valence-corrected chi connectivity index (χ1v) is 9.17. The van der Waals surface area contributed by atoms with Gasteiger partial charge in [-0.15, -0.1) is 0 Å². The van der Waals surface area contributed by atoms with Crippen molar-refractivity contribution >= 4 is 21.6 Å². The van der Waals surface area contributed by atoms with Crippen molar-refractivity contribution in [2.24, 2.45) is 0 Å². The lowest BCUT2D eigenvalue weighted by atomic mass is 10.1. The minimum atomic E-state index is -2.87. The molecule has 0 saturated heterocycles. The van der Waals surface area contributed by atoms with Crippen molar-refractivity contribution in [2.45, 2.75) is 12.2 Å². The molecule has 5 heteroatoms. The number of sulfone groups is 1. The van der Waals surface area contributed by atoms with Crippen molar-refractivity contribution in [3.8, 4) is 11.8 Å². The molecule has 0 radical (unpaired) electrons. The van der Waals surface area contributed by atoms with Gasteiger partial charge in [-0.3, -0.25) is 0 Å². The van der Waals surface area contributed by atoms with Crippen LogP contribution in [-0.4, -0.2) is 37.9 Å². The molecule has 19 heavy (non-hydrogen) atoms. The molecule has 0 aromatic heterocycles. The second-order valence-electron chi connectivity index (χ2n) is 4.16. The lowest BCUT2D eigenvalue weighted by molar-refractivity contribution is 0.305. The molecule has 1 rings (SSSR count). The third-order valence-electron chi connectivity index (χ3n) is 2.26. The Balaban J connectivity index is 2.47. The number of rotatable bonds is 6. The van der Waals surface area contributed by atoms with Crippen LogP contribution in [-0.2, 0) is 15.6 Å². The average molecular weight is 298 g/mol. The molecule has 0 fully saturated rings. The van der Waals surface area contributed by atoms with Crippen LogP contribution in [0.3, 0.4) is 0 Å². The summed E-state index contributed by atoms with van der Waals surface area (Å²) in [7, 11) is -2.87. The van der Waals surface area contributed by atoms with Crippen LogP contribution in [0.15, 0.2) is 24.3 Å². The maximum atomic E-state index is 11.0. The normalized spacial score (nSPS) is 10.8. The van der Waals surface area contributed by atoms with Gasteiger partial charge >= 0.3 is 0 Å². The summed E-state index contributed by atoms with van der Waals surface area (Å²) in [5.41, 5.74) is 2.06. The molecule has 3 nitrogen and oxygen atoms in total. The Kier molecular flexibility index (Phi) is 7.00. The molecule has 1 aromatic rings. The highest BCUT2D eigenvalue weighted by atomic mass is 32.2. The number of hydrogen-bond acceptors (Lipinski definition) is 4. The van der Waals surface area contributed by atoms with Gasteiger partial charge in [0.25, 0.3) is 0 Å². The third kappa shape index (κ3) is 7.93. The zero-order valence-corrected chi connectivity index (χ0v) is 12.6. The summed E-state index contributed by atoms with van der Waals surface area (Å²) >= 11 is 1.60. The summed E-state index contributed by atoms with van der Waals surface area (Å²) in [6.45, 7) is 0.0774. The molecule has 0 saturated carbocycles. The molecule has 0 atom stereocenters. The zero-order valence-electron chi connectivity index (χ0n) is 10.9. The highest BCUT2D eigenvalue weighted by Crippen LogP contribution is 2.13. The van der Waals surface area contributed by atoms with Crippen molar-refractivity contribution in [3.63, 3.8) is 0 Å². The summed E-state index contributed by atoms with van der Waals surface area (Å²) < 4.78 is 22.0. The van der Waals surface area contributed by atoms with Crippen molar-refractivity contribution in [2.75, 3.05) is 24.4 Å². The van der Waals surface area contributed by atoms with Gasteiger partial charge in [0.1, 0.15) is 9.84 Å². The van der Waals surface area contributed by atoms with Gasteiger partial charge in [0.05, 0.1) is 12.4 Å². The van der Waals surface area contributed by atoms with E-state index in [1.807, 2.05) is 24.3 Å². The fourth-order valence-corrected chi connectivity index (χ4v) is 3.60. The molecule has 1 N–H and O–H groups in total. The van der Waals surface area contributed by atoms with Gasteiger partial charge in [0, 0.05) is 29.7 Å². The smallest absolute Gasteiger partial charge is 0.148 e. The van der Waals surface area contributed by atoms with Gasteiger partial charge < -0.3 is 5.11 Å². The third-order valence-corrected chi connectivity index (χ3v) is 4.50. The van der Waals surface area contributed by atoms with Gasteiger partial charge in [-0.1, -0.05) is 24.0 Å². The molecule has 0 aliphatic heterocycles. The number of aliphatic hydroxyl groups is 1. The van der Waals surface area contributed by atoms with E-state index in [1.54, 1.807) is 11.8 Å². The lowest BCUT2D eigenvalue weighted by Crippen LogP contribution is -2.05. The first-order valence-electron chi connectivity index (χ1n) is 5.95. The summed E-state index contributed by atoms with van der Waals surface area (Å²) in [6, 6.07) is 7.87. The van der Waals surface area contributed by atoms with Crippen LogP contribution in [0.25, 0.3) is 0 Å². The highest BCUT2D eigenvalue weighted by Gasteiger charge is 2.02. The Hall–Kier alpha value is -0.960. The summed E-state index contributed by atoms with van der Waals surface area (Å²) in [4.78, 5) is 0. The van der Waals surface area contributed by atoms with Crippen LogP contribution in [0.5, 0.6) is 0 Å². The maximum Gasteiger partial charge on any atom is 0.148 e. The molecule has 1 aromatic carbocycles. The van der Waals surface area contributed by atoms with E-state index in [-0.39, 0.29) is 12.4 Å². The molecule has 0 spiro atoms. The van der Waals surface area contributed by atoms with E-state index in [2.05, 4.69) is 11.8 Å². The molecule has 0 amide bonds. The minimum Gasteiger partial charge on any atom is -0.395 e. The van der Waals surface area contributed by atoms with Crippen LogP contribution in [0.1, 0.15) is 17.5 Å². The fourth-order valence-electron chi connectivity index (χ4n) is 1.36. The SMILES string of the molecule is CS(=O)(=O)CCSCc1cccc(C#CCCO)c1. The van der Waals surface area contributed by atoms with E-state index in [0.717, 1.165) is 16.9 Å². The molecular weight excluding hydrogens is 280 g/mol. The lowest BCUT2D eigenvalue weighted by Gasteiger charge is -2.02. The van der Waals surface area contributed by atoms with Gasteiger partial charge in [-0.05, 0) is 17.7 Å². The second-order valence-corrected chi connectivity index (χ2v) is 7.52. The van der Waals surface area contributed by atoms with Crippen LogP contribution in [0, 0.1) is 11.8 Å². The summed E-state index contributed by atoms with van der Waals surface area (Å²) in [5.74, 6) is 7.47. The van der Waals surface area contributed by atoms with E-state index in [9.17, 15) is 8.42 Å². The predicted molar refractivity (Wildman–Crippen MR) is 80.9 cm³/mol. The van der Waals surface area contributed by atoms with Crippen molar-refractivity contribution in [1.29, 1.82) is 0 Å². The first-order chi connectivity index (χ1) is 9.01. The number of aliphatic hydroxyl groups excluding tert-OH is 1. The number of thioether (sulfide) groups is 1. The Labute approximate surface area is 119 Å². The standard InChI is InChI=1S/C14H18O3S2/c1-19(16,17)10-9-18-12-14-7-4-6-13(11-14)5-2-3-8-15/h4,6-7,11,15H,3,8-10,12H2,1H3. The molecule has 104 valence electrons. The first kappa shape index (κ1) is 16.1. The topological polar surface area (TPSA) is 54.4 Å². The molecular formula is C14H18O3S2. The minimum absolute atomic E-state index is 0.0774. The molecule has 0 aliphatic carbocycles. The van der Waals surface area contributed by atoms with E-state index in [1.165, 1.54) is 6.26 Å². The average Bonchev–Trinajstić information content (AvgIpc) is 2.35. The van der Waals surface area contributed by atoms with E-state index in [4.69, 9.17) is 5.11 Å². The van der Waals surface area contributed by atoms with Crippen molar-refractivity contribution in [1.82, 2.24) is 0 Å². The molecule has 0 unspecified atom stereocenters. The Morgan fingerprint density at radius 1 is 1.37 bits per heavy atom. The Morgan fingerprint density at radius 3 is 2.84 bits per heavy atom. The van der Waals surface area contributed by atoms with Crippen LogP contribution < -0.4 is 0 Å². The van der Waals surface area contributed by atoms with Gasteiger partial charge in [0.2, 0.25) is 0 Å². The summed E-state index contributed by atoms with van der Waals surface area (Å²) in [6.07, 6.45) is 1.73. The van der Waals surface area contributed by atoms with E-state index < -0.39 is 9.84 Å². The number of benzene rings is 1. The van der Waals surface area contributed by atoms with Gasteiger partial charge in [-0.2, -0.15) is 11.8 Å². The van der Waals surface area contributed by atoms with Crippen molar-refractivity contribution in [3.05, 3.63) is 35.4 Å². The quantitative estimate of drug-likeness (QED) is 0.641. The highest BCUT2D eigenvalue weighted by molar-refractivity contribution is 7.99. The Bertz CT molecular complexity index is 554. The Morgan fingerprint density at radius 2 is 2.16 bits per heavy atom. The molecule has 0 aliphatic rings. The van der Waals surface area contributed by atoms with E-state index >= 15 is 0 Å². The number of hydrogen-bond donors (Lipinski definition) is 1. The van der Waals surface area contributed by atoms with Crippen LogP contribution >= 0.6 is 11.8 Å². The largest absolute Gasteiger partial charge is 0.395 e. The van der Waals surface area contributed by atoms with Crippen LogP contribution in [0.2, 0.25) is 0 Å². The van der Waals surface area contributed by atoms with E-state index in [0.29, 0.717) is 12.2 Å². The van der Waals surface area contributed by atoms with Gasteiger partial charge in [-0.25, -0.2) is 8.42 Å². The fraction of sp³-hybridized carbons (Fsp3) is 0.429. The van der Waals surface area contributed by atoms with Crippen LogP contribution in [0.4, 0.5) is 0 Å². The second kappa shape index (κ2) is 8.26. The monoisotopic (exact) mass is 298 g/mol. The molecule has 0 heterocycles. The molecule has 0 bridgehead atoms.